The number of nitrogens with one attached hydrogen (secondary N) is 1. The summed E-state index contributed by atoms with van der Waals surface area (Å²) in [6.45, 7) is 4.49. The van der Waals surface area contributed by atoms with E-state index in [1.807, 2.05) is 0 Å². The van der Waals surface area contributed by atoms with Crippen LogP contribution < -0.4 is 5.32 Å². The van der Waals surface area contributed by atoms with Gasteiger partial charge in [-0.2, -0.15) is 0 Å². The normalized spacial score (nSPS) is 15.3. The van der Waals surface area contributed by atoms with Crippen molar-refractivity contribution in [3.63, 3.8) is 0 Å². The van der Waals surface area contributed by atoms with Crippen molar-refractivity contribution in [2.24, 2.45) is 0 Å². The predicted molar refractivity (Wildman–Crippen MR) is 123 cm³/mol. The Bertz CT molecular complexity index is 1340. The number of nitrogens with zero attached hydrogens (tertiary/aromatic N) is 3. The highest BCUT2D eigenvalue weighted by atomic mass is 16.5. The van der Waals surface area contributed by atoms with Crippen LogP contribution in [0.25, 0.3) is 5.52 Å². The van der Waals surface area contributed by atoms with Crippen LogP contribution in [-0.2, 0) is 9.53 Å². The third-order valence-corrected chi connectivity index (χ3v) is 6.27. The second-order valence-corrected chi connectivity index (χ2v) is 8.39. The minimum absolute atomic E-state index is 0.00135. The fourth-order valence-electron chi connectivity index (χ4n) is 4.69. The molecule has 34 heavy (non-hydrogen) atoms. The van der Waals surface area contributed by atoms with Crippen LogP contribution in [0.15, 0.2) is 36.7 Å². The number of pyridine rings is 2. The van der Waals surface area contributed by atoms with Crippen molar-refractivity contribution in [1.82, 2.24) is 14.3 Å². The van der Waals surface area contributed by atoms with Gasteiger partial charge in [0.1, 0.15) is 11.4 Å². The van der Waals surface area contributed by atoms with Gasteiger partial charge in [-0.25, -0.2) is 4.79 Å². The molecule has 9 nitrogen and oxygen atoms in total. The van der Waals surface area contributed by atoms with Crippen LogP contribution in [0.2, 0.25) is 0 Å². The quantitative estimate of drug-likeness (QED) is 0.441. The molecule has 1 aliphatic heterocycles. The van der Waals surface area contributed by atoms with Crippen LogP contribution in [0.3, 0.4) is 0 Å². The van der Waals surface area contributed by atoms with Crippen molar-refractivity contribution < 1.29 is 23.9 Å². The number of hydrogen-bond donors (Lipinski definition) is 1. The Kier molecular flexibility index (Phi) is 5.70. The van der Waals surface area contributed by atoms with Gasteiger partial charge in [-0.3, -0.25) is 19.4 Å². The molecule has 0 spiro atoms. The van der Waals surface area contributed by atoms with E-state index in [4.69, 9.17) is 4.74 Å². The van der Waals surface area contributed by atoms with Gasteiger partial charge in [-0.15, -0.1) is 0 Å². The van der Waals surface area contributed by atoms with Crippen LogP contribution >= 0.6 is 0 Å². The van der Waals surface area contributed by atoms with Gasteiger partial charge in [0.05, 0.1) is 28.8 Å². The number of esters is 1. The Hall–Kier alpha value is -3.85. The fraction of sp³-hybridized carbons (Fsp3) is 0.320. The molecule has 0 saturated carbocycles. The Labute approximate surface area is 195 Å². The number of rotatable bonds is 6. The first kappa shape index (κ1) is 22.0. The Morgan fingerprint density at radius 1 is 1.15 bits per heavy atom. The summed E-state index contributed by atoms with van der Waals surface area (Å²) in [5.74, 6) is -1.75. The summed E-state index contributed by atoms with van der Waals surface area (Å²) in [5, 5.41) is 2.86. The SMILES string of the molecule is CCOC(=O)c1c2c(n3ccc(NC(=O)CCN4CCCC4)cc13)C(=O)c1ncccc1C2=O. The molecule has 0 radical (unpaired) electrons. The summed E-state index contributed by atoms with van der Waals surface area (Å²) in [6, 6.07) is 6.33. The van der Waals surface area contributed by atoms with E-state index < -0.39 is 17.5 Å². The first-order chi connectivity index (χ1) is 16.5. The van der Waals surface area contributed by atoms with E-state index in [9.17, 15) is 19.2 Å². The van der Waals surface area contributed by atoms with Crippen LogP contribution in [0.4, 0.5) is 5.69 Å². The van der Waals surface area contributed by atoms with E-state index in [0.717, 1.165) is 25.9 Å². The highest BCUT2D eigenvalue weighted by Crippen LogP contribution is 2.34. The van der Waals surface area contributed by atoms with Gasteiger partial charge in [-0.1, -0.05) is 0 Å². The first-order valence-corrected chi connectivity index (χ1v) is 11.4. The maximum atomic E-state index is 13.3. The summed E-state index contributed by atoms with van der Waals surface area (Å²) in [5.41, 5.74) is 1.07. The number of carbonyl (C=O) groups excluding carboxylic acids is 4. The molecule has 0 atom stereocenters. The molecule has 0 aromatic carbocycles. The molecule has 9 heteroatoms. The third-order valence-electron chi connectivity index (χ3n) is 6.27. The van der Waals surface area contributed by atoms with Crippen molar-refractivity contribution in [2.75, 3.05) is 31.6 Å². The summed E-state index contributed by atoms with van der Waals surface area (Å²) in [7, 11) is 0. The zero-order valence-corrected chi connectivity index (χ0v) is 18.8. The van der Waals surface area contributed by atoms with E-state index in [1.54, 1.807) is 31.3 Å². The number of ketones is 2. The Morgan fingerprint density at radius 2 is 1.94 bits per heavy atom. The van der Waals surface area contributed by atoms with Crippen molar-refractivity contribution >= 4 is 34.6 Å². The Morgan fingerprint density at radius 3 is 2.71 bits per heavy atom. The summed E-state index contributed by atoms with van der Waals surface area (Å²) < 4.78 is 6.72. The second kappa shape index (κ2) is 8.83. The maximum Gasteiger partial charge on any atom is 0.341 e. The standard InChI is InChI=1S/C25H24N4O5/c1-2-34-25(33)19-17-14-15(27-18(30)8-12-28-10-3-4-11-28)7-13-29(17)22-20(19)23(31)16-6-5-9-26-21(16)24(22)32/h5-7,9,13-14H,2-4,8,10-12H2,1H3,(H,27,30). The number of fused-ring (bicyclic) bond motifs is 4. The minimum atomic E-state index is -0.702. The third kappa shape index (κ3) is 3.67. The number of likely N-dealkylation sites (tertiary alicyclic amines) is 1. The Balaban J connectivity index is 1.55. The average Bonchev–Trinajstić information content (AvgIpc) is 3.47. The lowest BCUT2D eigenvalue weighted by Gasteiger charge is -2.14. The zero-order valence-electron chi connectivity index (χ0n) is 18.8. The predicted octanol–water partition coefficient (Wildman–Crippen LogP) is 2.71. The molecule has 5 rings (SSSR count). The topological polar surface area (TPSA) is 110 Å². The molecule has 4 heterocycles. The molecule has 1 N–H and O–H groups in total. The van der Waals surface area contributed by atoms with Crippen LogP contribution in [0.5, 0.6) is 0 Å². The van der Waals surface area contributed by atoms with Crippen LogP contribution in [-0.4, -0.2) is 64.0 Å². The van der Waals surface area contributed by atoms with Gasteiger partial charge in [0.15, 0.2) is 5.78 Å². The highest BCUT2D eigenvalue weighted by Gasteiger charge is 2.39. The zero-order chi connectivity index (χ0) is 23.8. The monoisotopic (exact) mass is 460 g/mol. The van der Waals surface area contributed by atoms with Crippen molar-refractivity contribution in [1.29, 1.82) is 0 Å². The number of hydrogen-bond acceptors (Lipinski definition) is 7. The van der Waals surface area contributed by atoms with E-state index in [0.29, 0.717) is 24.2 Å². The van der Waals surface area contributed by atoms with Gasteiger partial charge in [0.2, 0.25) is 11.7 Å². The lowest BCUT2D eigenvalue weighted by Crippen LogP contribution is -2.25. The largest absolute Gasteiger partial charge is 0.462 e. The number of ether oxygens (including phenoxy) is 1. The van der Waals surface area contributed by atoms with Crippen LogP contribution in [0, 0.1) is 0 Å². The lowest BCUT2D eigenvalue weighted by atomic mass is 9.89. The summed E-state index contributed by atoms with van der Waals surface area (Å²) in [6.07, 6.45) is 5.69. The number of aromatic nitrogens is 2. The molecule has 0 unspecified atom stereocenters. The lowest BCUT2D eigenvalue weighted by molar-refractivity contribution is -0.116. The average molecular weight is 460 g/mol. The summed E-state index contributed by atoms with van der Waals surface area (Å²) in [4.78, 5) is 58.4. The van der Waals surface area contributed by atoms with Gasteiger partial charge >= 0.3 is 5.97 Å². The van der Waals surface area contributed by atoms with Gasteiger partial charge in [-0.05, 0) is 57.1 Å². The van der Waals surface area contributed by atoms with E-state index in [1.165, 1.54) is 16.7 Å². The number of amides is 1. The molecular weight excluding hydrogens is 436 g/mol. The van der Waals surface area contributed by atoms with Crippen molar-refractivity contribution in [3.05, 3.63) is 64.7 Å². The molecule has 174 valence electrons. The molecule has 3 aromatic heterocycles. The molecule has 1 fully saturated rings. The van der Waals surface area contributed by atoms with E-state index in [-0.39, 0.29) is 40.6 Å². The molecule has 0 bridgehead atoms. The number of carbonyl (C=O) groups is 4. The fourth-order valence-corrected chi connectivity index (χ4v) is 4.69. The van der Waals surface area contributed by atoms with Gasteiger partial charge in [0, 0.05) is 31.0 Å². The maximum absolute atomic E-state index is 13.3. The molecule has 1 amide bonds. The molecule has 1 aliphatic carbocycles. The summed E-state index contributed by atoms with van der Waals surface area (Å²) >= 11 is 0. The van der Waals surface area contributed by atoms with Crippen molar-refractivity contribution in [3.8, 4) is 0 Å². The first-order valence-electron chi connectivity index (χ1n) is 11.4. The molecule has 1 saturated heterocycles. The van der Waals surface area contributed by atoms with Crippen molar-refractivity contribution in [2.45, 2.75) is 26.2 Å². The second-order valence-electron chi connectivity index (χ2n) is 8.39. The number of anilines is 1. The minimum Gasteiger partial charge on any atom is -0.462 e. The van der Waals surface area contributed by atoms with E-state index >= 15 is 0 Å². The molecule has 2 aliphatic rings. The van der Waals surface area contributed by atoms with Gasteiger partial charge < -0.3 is 19.4 Å². The van der Waals surface area contributed by atoms with Crippen LogP contribution in [0.1, 0.15) is 68.6 Å². The smallest absolute Gasteiger partial charge is 0.341 e. The highest BCUT2D eigenvalue weighted by molar-refractivity contribution is 6.31. The van der Waals surface area contributed by atoms with E-state index in [2.05, 4.69) is 15.2 Å². The van der Waals surface area contributed by atoms with Gasteiger partial charge in [0.25, 0.3) is 0 Å². The molecule has 3 aromatic rings. The molecular formula is C25H24N4O5.